The largest absolute Gasteiger partial charge is 0.495 e. The second-order valence-electron chi connectivity index (χ2n) is 8.34. The van der Waals surface area contributed by atoms with Gasteiger partial charge in [-0.15, -0.1) is 0 Å². The van der Waals surface area contributed by atoms with Gasteiger partial charge in [-0.1, -0.05) is 38.1 Å². The van der Waals surface area contributed by atoms with Gasteiger partial charge >= 0.3 is 12.0 Å². The summed E-state index contributed by atoms with van der Waals surface area (Å²) in [6.45, 7) is 6.13. The van der Waals surface area contributed by atoms with Gasteiger partial charge < -0.3 is 30.3 Å². The summed E-state index contributed by atoms with van der Waals surface area (Å²) in [6.07, 6.45) is 0. The Labute approximate surface area is 205 Å². The molecule has 0 radical (unpaired) electrons. The monoisotopic (exact) mass is 482 g/mol. The van der Waals surface area contributed by atoms with Crippen molar-refractivity contribution in [3.05, 3.63) is 65.4 Å². The number of allylic oxidation sites excluding steroid dienone is 1. The number of carbonyl (C=O) groups is 2. The van der Waals surface area contributed by atoms with E-state index in [1.165, 1.54) is 0 Å². The number of methoxy groups -OCH3 is 1. The molecule has 1 aliphatic rings. The topological polar surface area (TPSA) is 91.9 Å². The third kappa shape index (κ3) is 5.85. The number of amides is 2. The lowest BCUT2D eigenvalue weighted by Gasteiger charge is -2.35. The zero-order chi connectivity index (χ0) is 24.8. The molecule has 0 fully saturated rings. The highest BCUT2D eigenvalue weighted by atomic mass is 32.1. The molecule has 2 amide bonds. The van der Waals surface area contributed by atoms with E-state index in [9.17, 15) is 9.59 Å². The summed E-state index contributed by atoms with van der Waals surface area (Å²) in [5.74, 6) is 0.374. The number of carbonyl (C=O) groups excluding carboxylic acids is 2. The van der Waals surface area contributed by atoms with E-state index >= 15 is 0 Å². The minimum absolute atomic E-state index is 0.216. The average Bonchev–Trinajstić information content (AvgIpc) is 2.81. The first-order valence-corrected chi connectivity index (χ1v) is 11.3. The Morgan fingerprint density at radius 3 is 2.59 bits per heavy atom. The standard InChI is InChI=1S/C25H30N4O4S/c1-15(2)14-33-23(30)21-16(3)29(4)25(34)28-22(21)17-9-8-10-18(13-17)26-24(31)27-19-11-6-7-12-20(19)32-5/h6-13,15,22H,14H2,1-5H3,(H,28,34)(H2,26,27,31). The Bertz CT molecular complexity index is 1120. The molecule has 180 valence electrons. The Kier molecular flexibility index (Phi) is 8.12. The quantitative estimate of drug-likeness (QED) is 0.390. The van der Waals surface area contributed by atoms with E-state index in [2.05, 4.69) is 16.0 Å². The van der Waals surface area contributed by atoms with Gasteiger partial charge in [-0.05, 0) is 54.9 Å². The van der Waals surface area contributed by atoms with Crippen molar-refractivity contribution >= 4 is 40.7 Å². The van der Waals surface area contributed by atoms with Gasteiger partial charge in [0.05, 0.1) is 31.0 Å². The molecule has 3 rings (SSSR count). The molecule has 9 heteroatoms. The fourth-order valence-electron chi connectivity index (χ4n) is 3.50. The molecule has 0 saturated heterocycles. The molecule has 34 heavy (non-hydrogen) atoms. The van der Waals surface area contributed by atoms with Gasteiger partial charge in [0.1, 0.15) is 5.75 Å². The fraction of sp³-hybridized carbons (Fsp3) is 0.320. The van der Waals surface area contributed by atoms with Crippen molar-refractivity contribution in [2.24, 2.45) is 5.92 Å². The molecular formula is C25H30N4O4S. The first-order chi connectivity index (χ1) is 16.2. The van der Waals surface area contributed by atoms with Gasteiger partial charge in [-0.2, -0.15) is 0 Å². The maximum atomic E-state index is 13.0. The van der Waals surface area contributed by atoms with Crippen LogP contribution in [-0.2, 0) is 9.53 Å². The van der Waals surface area contributed by atoms with E-state index in [4.69, 9.17) is 21.7 Å². The maximum absolute atomic E-state index is 13.0. The molecule has 2 aromatic carbocycles. The van der Waals surface area contributed by atoms with Crippen molar-refractivity contribution in [3.63, 3.8) is 0 Å². The Hall–Kier alpha value is -3.59. The third-order valence-electron chi connectivity index (χ3n) is 5.35. The van der Waals surface area contributed by atoms with E-state index < -0.39 is 18.0 Å². The molecule has 8 nitrogen and oxygen atoms in total. The van der Waals surface area contributed by atoms with Crippen LogP contribution in [0.15, 0.2) is 59.8 Å². The molecule has 1 unspecified atom stereocenters. The number of rotatable bonds is 7. The van der Waals surface area contributed by atoms with E-state index in [1.54, 1.807) is 43.3 Å². The molecule has 1 heterocycles. The van der Waals surface area contributed by atoms with Crippen molar-refractivity contribution in [2.75, 3.05) is 31.4 Å². The molecule has 0 aliphatic carbocycles. The molecule has 0 aromatic heterocycles. The highest BCUT2D eigenvalue weighted by molar-refractivity contribution is 7.80. The maximum Gasteiger partial charge on any atom is 0.338 e. The number of hydrogen-bond acceptors (Lipinski definition) is 5. The number of esters is 1. The van der Waals surface area contributed by atoms with Gasteiger partial charge in [-0.25, -0.2) is 9.59 Å². The summed E-state index contributed by atoms with van der Waals surface area (Å²) in [7, 11) is 3.34. The van der Waals surface area contributed by atoms with Crippen LogP contribution in [0, 0.1) is 5.92 Å². The fourth-order valence-corrected chi connectivity index (χ4v) is 3.75. The number of urea groups is 1. The SMILES string of the molecule is COc1ccccc1NC(=O)Nc1cccc(C2NC(=S)N(C)C(C)=C2C(=O)OCC(C)C)c1. The Morgan fingerprint density at radius 2 is 1.88 bits per heavy atom. The van der Waals surface area contributed by atoms with E-state index in [0.29, 0.717) is 34.4 Å². The molecule has 0 bridgehead atoms. The number of hydrogen-bond donors (Lipinski definition) is 3. The molecule has 1 atom stereocenters. The number of nitrogens with one attached hydrogen (secondary N) is 3. The van der Waals surface area contributed by atoms with Crippen LogP contribution in [0.1, 0.15) is 32.4 Å². The van der Waals surface area contributed by atoms with Crippen LogP contribution in [-0.4, -0.2) is 42.8 Å². The lowest BCUT2D eigenvalue weighted by atomic mass is 9.95. The molecular weight excluding hydrogens is 452 g/mol. The van der Waals surface area contributed by atoms with Crippen LogP contribution in [0.25, 0.3) is 0 Å². The molecule has 1 aliphatic heterocycles. The van der Waals surface area contributed by atoms with Gasteiger partial charge in [0.2, 0.25) is 0 Å². The van der Waals surface area contributed by atoms with Crippen molar-refractivity contribution in [1.29, 1.82) is 0 Å². The van der Waals surface area contributed by atoms with Crippen molar-refractivity contribution in [2.45, 2.75) is 26.8 Å². The highest BCUT2D eigenvalue weighted by Crippen LogP contribution is 2.32. The Balaban J connectivity index is 1.84. The average molecular weight is 483 g/mol. The smallest absolute Gasteiger partial charge is 0.338 e. The van der Waals surface area contributed by atoms with Crippen LogP contribution in [0.4, 0.5) is 16.2 Å². The Morgan fingerprint density at radius 1 is 1.15 bits per heavy atom. The number of anilines is 2. The summed E-state index contributed by atoms with van der Waals surface area (Å²) < 4.78 is 10.8. The third-order valence-corrected chi connectivity index (χ3v) is 5.75. The van der Waals surface area contributed by atoms with Crippen LogP contribution < -0.4 is 20.7 Å². The predicted molar refractivity (Wildman–Crippen MR) is 137 cm³/mol. The molecule has 3 N–H and O–H groups in total. The minimum Gasteiger partial charge on any atom is -0.495 e. The van der Waals surface area contributed by atoms with Crippen LogP contribution in [0.5, 0.6) is 5.75 Å². The summed E-state index contributed by atoms with van der Waals surface area (Å²) in [5, 5.41) is 9.33. The van der Waals surface area contributed by atoms with Crippen molar-refractivity contribution in [3.8, 4) is 5.75 Å². The van der Waals surface area contributed by atoms with Crippen LogP contribution >= 0.6 is 12.2 Å². The van der Waals surface area contributed by atoms with Crippen molar-refractivity contribution in [1.82, 2.24) is 10.2 Å². The lowest BCUT2D eigenvalue weighted by molar-refractivity contribution is -0.140. The molecule has 0 saturated carbocycles. The zero-order valence-electron chi connectivity index (χ0n) is 20.0. The van der Waals surface area contributed by atoms with Gasteiger partial charge in [-0.3, -0.25) is 0 Å². The van der Waals surface area contributed by atoms with E-state index in [0.717, 1.165) is 11.3 Å². The predicted octanol–water partition coefficient (Wildman–Crippen LogP) is 4.67. The normalized spacial score (nSPS) is 15.6. The van der Waals surface area contributed by atoms with Gasteiger partial charge in [0, 0.05) is 18.4 Å². The number of benzene rings is 2. The van der Waals surface area contributed by atoms with Crippen molar-refractivity contribution < 1.29 is 19.1 Å². The first kappa shape index (κ1) is 25.0. The van der Waals surface area contributed by atoms with Gasteiger partial charge in [0.15, 0.2) is 5.11 Å². The second-order valence-corrected chi connectivity index (χ2v) is 8.72. The zero-order valence-corrected chi connectivity index (χ0v) is 20.8. The molecule has 0 spiro atoms. The lowest BCUT2D eigenvalue weighted by Crippen LogP contribution is -2.46. The highest BCUT2D eigenvalue weighted by Gasteiger charge is 2.33. The van der Waals surface area contributed by atoms with E-state index in [1.807, 2.05) is 45.0 Å². The van der Waals surface area contributed by atoms with E-state index in [-0.39, 0.29) is 5.92 Å². The van der Waals surface area contributed by atoms with Crippen LogP contribution in [0.3, 0.4) is 0 Å². The summed E-state index contributed by atoms with van der Waals surface area (Å²) >= 11 is 5.46. The first-order valence-electron chi connectivity index (χ1n) is 10.9. The minimum atomic E-state index is -0.512. The number of ether oxygens (including phenoxy) is 2. The number of para-hydroxylation sites is 2. The second kappa shape index (κ2) is 11.0. The van der Waals surface area contributed by atoms with Crippen LogP contribution in [0.2, 0.25) is 0 Å². The number of thiocarbonyl (C=S) groups is 1. The summed E-state index contributed by atoms with van der Waals surface area (Å²) in [5.41, 5.74) is 3.07. The summed E-state index contributed by atoms with van der Waals surface area (Å²) in [6, 6.07) is 13.5. The number of nitrogens with zero attached hydrogens (tertiary/aromatic N) is 1. The molecule has 2 aromatic rings. The van der Waals surface area contributed by atoms with Gasteiger partial charge in [0.25, 0.3) is 0 Å². The summed E-state index contributed by atoms with van der Waals surface area (Å²) in [4.78, 5) is 27.3.